The number of ether oxygens (including phenoxy) is 1. The molecule has 0 bridgehead atoms. The summed E-state index contributed by atoms with van der Waals surface area (Å²) in [4.78, 5) is 30.4. The van der Waals surface area contributed by atoms with Crippen molar-refractivity contribution in [2.45, 2.75) is 71.2 Å². The molecule has 3 unspecified atom stereocenters. The molecule has 3 aromatic rings. The van der Waals surface area contributed by atoms with Gasteiger partial charge in [0.05, 0.1) is 35.0 Å². The van der Waals surface area contributed by atoms with E-state index in [1.54, 1.807) is 0 Å². The summed E-state index contributed by atoms with van der Waals surface area (Å²) in [7, 11) is 0. The van der Waals surface area contributed by atoms with Crippen LogP contribution >= 0.6 is 11.3 Å². The third-order valence-electron chi connectivity index (χ3n) is 6.75. The average molecular weight is 496 g/mol. The number of amides is 1. The third-order valence-corrected chi connectivity index (χ3v) is 7.85. The number of nitrogens with zero attached hydrogens (tertiary/aromatic N) is 4. The van der Waals surface area contributed by atoms with Gasteiger partial charge in [0.2, 0.25) is 0 Å². The number of nitrogen functional groups attached to an aromatic ring is 1. The van der Waals surface area contributed by atoms with Crippen LogP contribution in [0.4, 0.5) is 11.5 Å². The van der Waals surface area contributed by atoms with Crippen molar-refractivity contribution < 1.29 is 9.53 Å². The maximum Gasteiger partial charge on any atom is 0.263 e. The highest BCUT2D eigenvalue weighted by atomic mass is 32.1. The van der Waals surface area contributed by atoms with E-state index in [1.807, 2.05) is 27.7 Å². The quantitative estimate of drug-likeness (QED) is 0.492. The number of hydrogen-bond donors (Lipinski definition) is 3. The summed E-state index contributed by atoms with van der Waals surface area (Å²) < 4.78 is 5.97. The number of thiophene rings is 1. The highest BCUT2D eigenvalue weighted by molar-refractivity contribution is 7.21. The Hall–Kier alpha value is -2.82. The van der Waals surface area contributed by atoms with Crippen LogP contribution in [-0.4, -0.2) is 58.2 Å². The summed E-state index contributed by atoms with van der Waals surface area (Å²) >= 11 is 1.33. The van der Waals surface area contributed by atoms with E-state index in [0.717, 1.165) is 59.8 Å². The molecule has 9 nitrogen and oxygen atoms in total. The number of hydrogen-bond acceptors (Lipinski definition) is 9. The molecule has 1 saturated heterocycles. The minimum Gasteiger partial charge on any atom is -0.397 e. The predicted octanol–water partition coefficient (Wildman–Crippen LogP) is 2.51. The first kappa shape index (κ1) is 23.9. The maximum atomic E-state index is 13.1. The number of carbonyl (C=O) groups is 1. The first-order valence-corrected chi connectivity index (χ1v) is 13.0. The second-order valence-electron chi connectivity index (χ2n) is 9.86. The molecule has 1 aliphatic carbocycles. The van der Waals surface area contributed by atoms with Crippen molar-refractivity contribution in [3.8, 4) is 0 Å². The fraction of sp³-hybridized carbons (Fsp3) is 0.520. The molecule has 186 valence electrons. The molecule has 1 amide bonds. The standard InChI is InChI=1S/C25H33N7O2S/c1-12(2)34-19-11-32(10-17(19)26)20-8-5-15-9-16(6-7-18(15)31-20)30-24(33)23-22(27)21-13(3)28-14(4)29-25(21)35-23/h5,8,12,16-17,19H,6-7,9-11,26-27H2,1-4H3,(H,30,33). The Kier molecular flexibility index (Phi) is 6.37. The van der Waals surface area contributed by atoms with Gasteiger partial charge in [0.15, 0.2) is 0 Å². The van der Waals surface area contributed by atoms with Gasteiger partial charge < -0.3 is 26.4 Å². The van der Waals surface area contributed by atoms with Crippen molar-refractivity contribution in [2.24, 2.45) is 5.73 Å². The van der Waals surface area contributed by atoms with Gasteiger partial charge in [-0.05, 0) is 58.6 Å². The monoisotopic (exact) mass is 495 g/mol. The number of rotatable bonds is 5. The molecule has 1 aliphatic heterocycles. The summed E-state index contributed by atoms with van der Waals surface area (Å²) in [6.07, 6.45) is 2.56. The predicted molar refractivity (Wildman–Crippen MR) is 139 cm³/mol. The molecule has 0 saturated carbocycles. The van der Waals surface area contributed by atoms with E-state index in [0.29, 0.717) is 16.4 Å². The van der Waals surface area contributed by atoms with Gasteiger partial charge in [-0.3, -0.25) is 4.79 Å². The van der Waals surface area contributed by atoms with Gasteiger partial charge in [-0.15, -0.1) is 11.3 Å². The molecular weight excluding hydrogens is 462 g/mol. The van der Waals surface area contributed by atoms with E-state index in [2.05, 4.69) is 32.3 Å². The Bertz CT molecular complexity index is 1270. The number of nitrogens with one attached hydrogen (secondary N) is 1. The van der Waals surface area contributed by atoms with Crippen molar-refractivity contribution in [1.82, 2.24) is 20.3 Å². The molecule has 5 rings (SSSR count). The Labute approximate surface area is 209 Å². The molecule has 3 aromatic heterocycles. The molecule has 35 heavy (non-hydrogen) atoms. The van der Waals surface area contributed by atoms with Crippen molar-refractivity contribution >= 4 is 39.0 Å². The van der Waals surface area contributed by atoms with E-state index in [4.69, 9.17) is 21.2 Å². The first-order chi connectivity index (χ1) is 16.7. The summed E-state index contributed by atoms with van der Waals surface area (Å²) in [5.74, 6) is 1.47. The van der Waals surface area contributed by atoms with Gasteiger partial charge in [0.25, 0.3) is 5.91 Å². The summed E-state index contributed by atoms with van der Waals surface area (Å²) in [5.41, 5.74) is 16.2. The molecule has 2 aliphatic rings. The van der Waals surface area contributed by atoms with Crippen LogP contribution in [0.3, 0.4) is 0 Å². The fourth-order valence-corrected chi connectivity index (χ4v) is 6.22. The lowest BCUT2D eigenvalue weighted by atomic mass is 9.91. The lowest BCUT2D eigenvalue weighted by Crippen LogP contribution is -2.39. The second kappa shape index (κ2) is 9.33. The number of anilines is 2. The molecule has 4 heterocycles. The fourth-order valence-electron chi connectivity index (χ4n) is 5.13. The highest BCUT2D eigenvalue weighted by Crippen LogP contribution is 2.34. The zero-order valence-corrected chi connectivity index (χ0v) is 21.5. The summed E-state index contributed by atoms with van der Waals surface area (Å²) in [5, 5.41) is 3.96. The molecule has 0 radical (unpaired) electrons. The van der Waals surface area contributed by atoms with Crippen LogP contribution in [0.2, 0.25) is 0 Å². The zero-order chi connectivity index (χ0) is 24.9. The van der Waals surface area contributed by atoms with E-state index >= 15 is 0 Å². The minimum atomic E-state index is -0.150. The van der Waals surface area contributed by atoms with Crippen LogP contribution in [0.1, 0.15) is 52.7 Å². The number of aromatic nitrogens is 3. The second-order valence-corrected chi connectivity index (χ2v) is 10.9. The topological polar surface area (TPSA) is 132 Å². The van der Waals surface area contributed by atoms with Crippen LogP contribution in [0.5, 0.6) is 0 Å². The maximum absolute atomic E-state index is 13.1. The van der Waals surface area contributed by atoms with Gasteiger partial charge in [-0.2, -0.15) is 0 Å². The highest BCUT2D eigenvalue weighted by Gasteiger charge is 2.33. The number of pyridine rings is 1. The number of carbonyl (C=O) groups excluding carboxylic acids is 1. The lowest BCUT2D eigenvalue weighted by molar-refractivity contribution is 0.0127. The Morgan fingerprint density at radius 1 is 1.23 bits per heavy atom. The Morgan fingerprint density at radius 2 is 2.03 bits per heavy atom. The number of nitrogens with two attached hydrogens (primary N) is 2. The van der Waals surface area contributed by atoms with Crippen LogP contribution < -0.4 is 21.7 Å². The summed E-state index contributed by atoms with van der Waals surface area (Å²) in [6, 6.07) is 4.20. The van der Waals surface area contributed by atoms with Crippen LogP contribution in [0, 0.1) is 13.8 Å². The van der Waals surface area contributed by atoms with E-state index in [-0.39, 0.29) is 30.2 Å². The van der Waals surface area contributed by atoms with Gasteiger partial charge in [-0.1, -0.05) is 6.07 Å². The molecule has 0 spiro atoms. The lowest BCUT2D eigenvalue weighted by Gasteiger charge is -2.26. The van der Waals surface area contributed by atoms with Crippen molar-refractivity contribution in [1.29, 1.82) is 0 Å². The van der Waals surface area contributed by atoms with Crippen molar-refractivity contribution in [3.05, 3.63) is 39.8 Å². The van der Waals surface area contributed by atoms with Gasteiger partial charge in [0.1, 0.15) is 21.3 Å². The zero-order valence-electron chi connectivity index (χ0n) is 20.7. The van der Waals surface area contributed by atoms with Gasteiger partial charge >= 0.3 is 0 Å². The Morgan fingerprint density at radius 3 is 2.80 bits per heavy atom. The van der Waals surface area contributed by atoms with E-state index < -0.39 is 0 Å². The average Bonchev–Trinajstić information content (AvgIpc) is 3.32. The third kappa shape index (κ3) is 4.70. The molecule has 0 aromatic carbocycles. The van der Waals surface area contributed by atoms with Crippen molar-refractivity contribution in [3.63, 3.8) is 0 Å². The Balaban J connectivity index is 1.27. The molecule has 5 N–H and O–H groups in total. The first-order valence-electron chi connectivity index (χ1n) is 12.2. The van der Waals surface area contributed by atoms with Crippen LogP contribution in [0.25, 0.3) is 10.2 Å². The smallest absolute Gasteiger partial charge is 0.263 e. The minimum absolute atomic E-state index is 0.0187. The van der Waals surface area contributed by atoms with Crippen molar-refractivity contribution in [2.75, 3.05) is 23.7 Å². The van der Waals surface area contributed by atoms with Crippen LogP contribution in [-0.2, 0) is 17.6 Å². The number of fused-ring (bicyclic) bond motifs is 2. The van der Waals surface area contributed by atoms with Gasteiger partial charge in [-0.25, -0.2) is 15.0 Å². The van der Waals surface area contributed by atoms with E-state index in [9.17, 15) is 4.79 Å². The largest absolute Gasteiger partial charge is 0.397 e. The summed E-state index contributed by atoms with van der Waals surface area (Å²) in [6.45, 7) is 9.30. The normalized spacial score (nSPS) is 22.1. The van der Waals surface area contributed by atoms with Crippen LogP contribution in [0.15, 0.2) is 12.1 Å². The molecule has 3 atom stereocenters. The van der Waals surface area contributed by atoms with Gasteiger partial charge in [0, 0.05) is 24.8 Å². The van der Waals surface area contributed by atoms with E-state index in [1.165, 1.54) is 16.9 Å². The molecular formula is C25H33N7O2S. The molecule has 1 fully saturated rings. The number of aryl methyl sites for hydroxylation is 3. The SMILES string of the molecule is Cc1nc(C)c2c(N)c(C(=O)NC3CCc4nc(N5CC(N)C(OC(C)C)C5)ccc4C3)sc2n1. The molecule has 10 heteroatoms.